The molecule has 1 aliphatic heterocycles. The Morgan fingerprint density at radius 2 is 2.22 bits per heavy atom. The Kier molecular flexibility index (Phi) is 5.79. The number of nitrogens with zero attached hydrogens (tertiary/aromatic N) is 1. The van der Waals surface area contributed by atoms with Crippen molar-refractivity contribution in [2.75, 3.05) is 13.2 Å². The lowest BCUT2D eigenvalue weighted by atomic mass is 10.2. The quantitative estimate of drug-likeness (QED) is 0.435. The van der Waals surface area contributed by atoms with Crippen LogP contribution in [0.15, 0.2) is 29.2 Å². The summed E-state index contributed by atoms with van der Waals surface area (Å²) >= 11 is 6.24. The summed E-state index contributed by atoms with van der Waals surface area (Å²) in [5.74, 6) is 1.39. The number of benzene rings is 1. The molecule has 1 amide bonds. The number of para-hydroxylation sites is 1. The van der Waals surface area contributed by atoms with E-state index in [1.807, 2.05) is 6.07 Å². The van der Waals surface area contributed by atoms with Crippen molar-refractivity contribution in [1.29, 1.82) is 0 Å². The van der Waals surface area contributed by atoms with Crippen molar-refractivity contribution in [1.82, 2.24) is 4.90 Å². The summed E-state index contributed by atoms with van der Waals surface area (Å²) in [6.45, 7) is 0.122. The Balaban J connectivity index is 2.21. The minimum Gasteiger partial charge on any atom is -0.550 e. The first-order valence-electron chi connectivity index (χ1n) is 6.63. The SMILES string of the molecule is C#CCOc1ccccc1/C=C1/SC(=S)N(CCC(=O)[O-])C1=O. The molecule has 0 atom stereocenters. The van der Waals surface area contributed by atoms with Gasteiger partial charge in [-0.3, -0.25) is 9.69 Å². The Labute approximate surface area is 143 Å². The second kappa shape index (κ2) is 7.81. The molecule has 7 heteroatoms. The van der Waals surface area contributed by atoms with Gasteiger partial charge in [-0.05, 0) is 12.1 Å². The number of aliphatic carboxylic acids is 1. The summed E-state index contributed by atoms with van der Waals surface area (Å²) in [5.41, 5.74) is 0.697. The number of carboxylic acid groups (broad SMARTS) is 1. The van der Waals surface area contributed by atoms with Gasteiger partial charge in [0.25, 0.3) is 5.91 Å². The monoisotopic (exact) mass is 346 g/mol. The predicted molar refractivity (Wildman–Crippen MR) is 90.3 cm³/mol. The minimum absolute atomic E-state index is 0.000416. The highest BCUT2D eigenvalue weighted by molar-refractivity contribution is 8.26. The maximum absolute atomic E-state index is 12.3. The third-order valence-electron chi connectivity index (χ3n) is 2.93. The molecule has 1 aliphatic rings. The molecule has 1 fully saturated rings. The van der Waals surface area contributed by atoms with Crippen LogP contribution in [0.5, 0.6) is 5.75 Å². The van der Waals surface area contributed by atoms with Crippen molar-refractivity contribution in [2.24, 2.45) is 0 Å². The van der Waals surface area contributed by atoms with Crippen LogP contribution in [0.2, 0.25) is 0 Å². The zero-order chi connectivity index (χ0) is 16.8. The van der Waals surface area contributed by atoms with E-state index in [4.69, 9.17) is 23.4 Å². The Morgan fingerprint density at radius 3 is 2.91 bits per heavy atom. The van der Waals surface area contributed by atoms with Crippen LogP contribution in [0.25, 0.3) is 6.08 Å². The van der Waals surface area contributed by atoms with Gasteiger partial charge in [0, 0.05) is 24.5 Å². The fourth-order valence-corrected chi connectivity index (χ4v) is 3.19. The highest BCUT2D eigenvalue weighted by atomic mass is 32.2. The molecule has 2 rings (SSSR count). The molecule has 0 N–H and O–H groups in total. The Morgan fingerprint density at radius 1 is 1.48 bits per heavy atom. The molecule has 1 heterocycles. The first kappa shape index (κ1) is 17.1. The lowest BCUT2D eigenvalue weighted by Crippen LogP contribution is -2.33. The smallest absolute Gasteiger partial charge is 0.266 e. The second-order valence-electron chi connectivity index (χ2n) is 4.49. The fourth-order valence-electron chi connectivity index (χ4n) is 1.89. The fraction of sp³-hybridized carbons (Fsp3) is 0.188. The van der Waals surface area contributed by atoms with E-state index in [0.29, 0.717) is 20.5 Å². The number of hydrogen-bond acceptors (Lipinski definition) is 6. The van der Waals surface area contributed by atoms with Gasteiger partial charge in [0.2, 0.25) is 0 Å². The third-order valence-corrected chi connectivity index (χ3v) is 4.31. The van der Waals surface area contributed by atoms with Gasteiger partial charge in [0.1, 0.15) is 16.7 Å². The van der Waals surface area contributed by atoms with E-state index in [-0.39, 0.29) is 25.5 Å². The highest BCUT2D eigenvalue weighted by Gasteiger charge is 2.31. The molecular weight excluding hydrogens is 334 g/mol. The van der Waals surface area contributed by atoms with Crippen molar-refractivity contribution in [2.45, 2.75) is 6.42 Å². The van der Waals surface area contributed by atoms with Crippen LogP contribution in [-0.2, 0) is 9.59 Å². The molecule has 0 aromatic heterocycles. The summed E-state index contributed by atoms with van der Waals surface area (Å²) in [6.07, 6.45) is 6.58. The van der Waals surface area contributed by atoms with Gasteiger partial charge in [0.15, 0.2) is 0 Å². The number of rotatable bonds is 6. The molecule has 0 aliphatic carbocycles. The third kappa shape index (κ3) is 4.34. The number of carboxylic acids is 1. The predicted octanol–water partition coefficient (Wildman–Crippen LogP) is 1.04. The summed E-state index contributed by atoms with van der Waals surface area (Å²) in [5, 5.41) is 10.5. The van der Waals surface area contributed by atoms with Crippen molar-refractivity contribution < 1.29 is 19.4 Å². The maximum atomic E-state index is 12.3. The molecule has 0 saturated carbocycles. The molecule has 5 nitrogen and oxygen atoms in total. The summed E-state index contributed by atoms with van der Waals surface area (Å²) in [4.78, 5) is 24.5. The molecule has 118 valence electrons. The van der Waals surface area contributed by atoms with Crippen molar-refractivity contribution in [3.63, 3.8) is 0 Å². The zero-order valence-corrected chi connectivity index (χ0v) is 13.6. The molecule has 0 bridgehead atoms. The van der Waals surface area contributed by atoms with Crippen molar-refractivity contribution >= 4 is 46.3 Å². The summed E-state index contributed by atoms with van der Waals surface area (Å²) < 4.78 is 5.75. The number of thioether (sulfide) groups is 1. The number of terminal acetylenes is 1. The van der Waals surface area contributed by atoms with E-state index in [1.54, 1.807) is 24.3 Å². The van der Waals surface area contributed by atoms with Crippen LogP contribution < -0.4 is 9.84 Å². The first-order chi connectivity index (χ1) is 11.0. The topological polar surface area (TPSA) is 69.7 Å². The lowest BCUT2D eigenvalue weighted by Gasteiger charge is -2.14. The molecule has 0 unspecified atom stereocenters. The van der Waals surface area contributed by atoms with Gasteiger partial charge in [-0.1, -0.05) is 48.1 Å². The van der Waals surface area contributed by atoms with E-state index in [0.717, 1.165) is 11.8 Å². The lowest BCUT2D eigenvalue weighted by molar-refractivity contribution is -0.305. The van der Waals surface area contributed by atoms with E-state index >= 15 is 0 Å². The van der Waals surface area contributed by atoms with Gasteiger partial charge in [-0.15, -0.1) is 6.42 Å². The number of carbonyl (C=O) groups excluding carboxylic acids is 2. The molecule has 1 aromatic rings. The number of carbonyl (C=O) groups is 2. The van der Waals surface area contributed by atoms with E-state index in [1.165, 1.54) is 4.90 Å². The van der Waals surface area contributed by atoms with Gasteiger partial charge in [-0.25, -0.2) is 0 Å². The largest absolute Gasteiger partial charge is 0.550 e. The number of thiocarbonyl (C=S) groups is 1. The zero-order valence-electron chi connectivity index (χ0n) is 12.0. The molecular formula is C16H12NO4S2-. The summed E-state index contributed by atoms with van der Waals surface area (Å²) in [7, 11) is 0. The average molecular weight is 346 g/mol. The number of hydrogen-bond donors (Lipinski definition) is 0. The van der Waals surface area contributed by atoms with Crippen LogP contribution in [0.4, 0.5) is 0 Å². The van der Waals surface area contributed by atoms with Gasteiger partial charge in [-0.2, -0.15) is 0 Å². The number of amides is 1. The van der Waals surface area contributed by atoms with Gasteiger partial charge < -0.3 is 14.6 Å². The summed E-state index contributed by atoms with van der Waals surface area (Å²) in [6, 6.07) is 7.15. The van der Waals surface area contributed by atoms with E-state index < -0.39 is 5.97 Å². The molecule has 1 saturated heterocycles. The molecule has 1 aromatic carbocycles. The van der Waals surface area contributed by atoms with E-state index in [2.05, 4.69) is 5.92 Å². The van der Waals surface area contributed by atoms with Gasteiger partial charge >= 0.3 is 0 Å². The van der Waals surface area contributed by atoms with Crippen LogP contribution in [0.1, 0.15) is 12.0 Å². The molecule has 0 spiro atoms. The van der Waals surface area contributed by atoms with Gasteiger partial charge in [0.05, 0.1) is 4.91 Å². The maximum Gasteiger partial charge on any atom is 0.266 e. The second-order valence-corrected chi connectivity index (χ2v) is 6.16. The first-order valence-corrected chi connectivity index (χ1v) is 7.86. The molecule has 0 radical (unpaired) electrons. The average Bonchev–Trinajstić information content (AvgIpc) is 2.78. The van der Waals surface area contributed by atoms with Crippen LogP contribution in [0.3, 0.4) is 0 Å². The number of ether oxygens (including phenoxy) is 1. The van der Waals surface area contributed by atoms with Crippen LogP contribution in [0, 0.1) is 12.3 Å². The standard InChI is InChI=1S/C16H13NO4S2/c1-2-9-21-12-6-4-3-5-11(12)10-13-15(20)17(16(22)23-13)8-7-14(18)19/h1,3-6,10H,7-9H2,(H,18,19)/p-1/b13-10+. The van der Waals surface area contributed by atoms with Crippen molar-refractivity contribution in [3.05, 3.63) is 34.7 Å². The normalized spacial score (nSPS) is 15.8. The van der Waals surface area contributed by atoms with E-state index in [9.17, 15) is 14.7 Å². The Bertz CT molecular complexity index is 721. The van der Waals surface area contributed by atoms with Crippen molar-refractivity contribution in [3.8, 4) is 18.1 Å². The minimum atomic E-state index is -1.23. The Hall–Kier alpha value is -2.30. The highest BCUT2D eigenvalue weighted by Crippen LogP contribution is 2.34. The van der Waals surface area contributed by atoms with Crippen LogP contribution >= 0.6 is 24.0 Å². The van der Waals surface area contributed by atoms with Crippen LogP contribution in [-0.4, -0.2) is 34.2 Å². The molecule has 23 heavy (non-hydrogen) atoms.